The maximum atomic E-state index is 14.3. The topological polar surface area (TPSA) is 150 Å². The van der Waals surface area contributed by atoms with Crippen molar-refractivity contribution < 1.29 is 97.5 Å². The fourth-order valence-electron chi connectivity index (χ4n) is 4.35. The molecule has 0 aliphatic carbocycles. The lowest BCUT2D eigenvalue weighted by atomic mass is 10.0. The van der Waals surface area contributed by atoms with E-state index in [1.165, 1.54) is 13.8 Å². The van der Waals surface area contributed by atoms with Crippen LogP contribution >= 0.6 is 0 Å². The van der Waals surface area contributed by atoms with Gasteiger partial charge >= 0.3 is 56.5 Å². The van der Waals surface area contributed by atoms with Gasteiger partial charge in [-0.1, -0.05) is 38.8 Å². The maximum Gasteiger partial charge on any atom is 0.459 e. The molecule has 1 unspecified atom stereocenters. The number of nitrogens with zero attached hydrogens (tertiary/aromatic N) is 4. The second-order valence-corrected chi connectivity index (χ2v) is 14.7. The molecule has 4 amide bonds. The predicted octanol–water partition coefficient (Wildman–Crippen LogP) is 4.18. The molecule has 2 fully saturated rings. The number of carbonyl (C=O) groups excluding carboxylic acids is 4. The zero-order chi connectivity index (χ0) is 41.6. The van der Waals surface area contributed by atoms with Crippen molar-refractivity contribution >= 4 is 44.0 Å². The van der Waals surface area contributed by atoms with Gasteiger partial charge in [0, 0.05) is 13.1 Å². The summed E-state index contributed by atoms with van der Waals surface area (Å²) in [5.74, 6) is -38.1. The van der Waals surface area contributed by atoms with E-state index in [1.807, 2.05) is 0 Å². The first-order valence-electron chi connectivity index (χ1n) is 14.5. The van der Waals surface area contributed by atoms with Crippen LogP contribution in [-0.2, 0) is 39.6 Å². The van der Waals surface area contributed by atoms with Crippen molar-refractivity contribution in [2.45, 2.75) is 75.6 Å². The molecule has 2 rings (SSSR count). The summed E-state index contributed by atoms with van der Waals surface area (Å²) in [4.78, 5) is 51.9. The Balaban J connectivity index is 2.71. The molecule has 2 aliphatic rings. The summed E-state index contributed by atoms with van der Waals surface area (Å²) >= 11 is 0. The Kier molecular flexibility index (Phi) is 12.7. The van der Waals surface area contributed by atoms with E-state index in [2.05, 4.69) is 0 Å². The highest BCUT2D eigenvalue weighted by Gasteiger charge is 2.75. The van der Waals surface area contributed by atoms with Gasteiger partial charge in [0.25, 0.3) is 23.6 Å². The van der Waals surface area contributed by atoms with Gasteiger partial charge < -0.3 is 0 Å². The van der Waals surface area contributed by atoms with E-state index in [-0.39, 0.29) is 52.5 Å². The minimum atomic E-state index is -7.00. The average Bonchev–Trinajstić information content (AvgIpc) is 2.99. The molecule has 0 radical (unpaired) electrons. The Bertz CT molecular complexity index is 1750. The average molecular weight is 841 g/mol. The molecule has 0 N–H and O–H groups in total. The Morgan fingerprint density at radius 1 is 0.566 bits per heavy atom. The number of halogens is 14. The van der Waals surface area contributed by atoms with Crippen LogP contribution in [0, 0.1) is 5.92 Å². The standard InChI is InChI=1S/C25H26F14N4O8S2/c1-3-5-10-40-16(44)14(18(46)42(52(40,48)49)12-20(26,27)22(30,31)24(34,35)36)8-7-9-15-17(45)41(11-6-4-2)53(50,51)43(19(15)47)13-21(28,29)23(32,33)25(37,38)39/h7-9,14H,3-6,10-13H2,1-2H3/b8-7+,15-9+. The number of alkyl halides is 14. The molecule has 0 spiro atoms. The second kappa shape index (κ2) is 14.8. The number of amides is 4. The van der Waals surface area contributed by atoms with Crippen molar-refractivity contribution in [3.63, 3.8) is 0 Å². The number of carbonyl (C=O) groups is 4. The summed E-state index contributed by atoms with van der Waals surface area (Å²) in [5, 5.41) is 0. The monoisotopic (exact) mass is 840 g/mol. The third kappa shape index (κ3) is 8.20. The second-order valence-electron chi connectivity index (χ2n) is 11.2. The fourth-order valence-corrected chi connectivity index (χ4v) is 7.50. The fraction of sp³-hybridized carbons (Fsp3) is 0.680. The summed E-state index contributed by atoms with van der Waals surface area (Å²) in [6, 6.07) is 0. The molecule has 12 nitrogen and oxygen atoms in total. The third-order valence-corrected chi connectivity index (χ3v) is 10.9. The minimum absolute atomic E-state index is 0.0162. The summed E-state index contributed by atoms with van der Waals surface area (Å²) < 4.78 is 237. The van der Waals surface area contributed by atoms with Crippen molar-refractivity contribution in [3.05, 3.63) is 23.8 Å². The van der Waals surface area contributed by atoms with Gasteiger partial charge in [0.05, 0.1) is 0 Å². The van der Waals surface area contributed by atoms with Crippen LogP contribution in [0.1, 0.15) is 39.5 Å². The molecule has 2 heterocycles. The van der Waals surface area contributed by atoms with Crippen LogP contribution < -0.4 is 0 Å². The zero-order valence-corrected chi connectivity index (χ0v) is 28.3. The SMILES string of the molecule is CCCCN1C(=O)/C(=C\C=C\C2C(=O)N(CCCC)S(=O)(=O)N(CC(F)(F)C(F)(F)C(F)(F)F)C2=O)C(=O)N(CC(F)(F)C(F)(F)C(F)(F)F)S1(=O)=O. The van der Waals surface area contributed by atoms with Crippen LogP contribution in [0.15, 0.2) is 23.8 Å². The smallest absolute Gasteiger partial charge is 0.272 e. The molecule has 2 aliphatic heterocycles. The van der Waals surface area contributed by atoms with Crippen molar-refractivity contribution in [2.75, 3.05) is 26.2 Å². The van der Waals surface area contributed by atoms with Crippen molar-refractivity contribution in [1.82, 2.24) is 17.2 Å². The van der Waals surface area contributed by atoms with Gasteiger partial charge in [-0.05, 0) is 18.9 Å². The van der Waals surface area contributed by atoms with Crippen molar-refractivity contribution in [1.29, 1.82) is 0 Å². The molecule has 2 saturated heterocycles. The Hall–Kier alpha value is -3.72. The van der Waals surface area contributed by atoms with Crippen LogP contribution in [0.2, 0.25) is 0 Å². The lowest BCUT2D eigenvalue weighted by Gasteiger charge is -2.39. The van der Waals surface area contributed by atoms with Gasteiger partial charge in [-0.3, -0.25) is 19.2 Å². The molecular weight excluding hydrogens is 814 g/mol. The minimum Gasteiger partial charge on any atom is -0.272 e. The van der Waals surface area contributed by atoms with E-state index in [1.54, 1.807) is 0 Å². The molecule has 28 heteroatoms. The van der Waals surface area contributed by atoms with Gasteiger partial charge in [-0.15, -0.1) is 0 Å². The molecule has 0 saturated carbocycles. The van der Waals surface area contributed by atoms with Crippen LogP contribution in [-0.4, -0.2) is 120 Å². The van der Waals surface area contributed by atoms with Gasteiger partial charge in [0.1, 0.15) is 24.6 Å². The maximum absolute atomic E-state index is 14.3. The number of hydrogen-bond acceptors (Lipinski definition) is 8. The van der Waals surface area contributed by atoms with E-state index in [9.17, 15) is 97.5 Å². The van der Waals surface area contributed by atoms with E-state index in [0.717, 1.165) is 0 Å². The normalized spacial score (nSPS) is 21.8. The number of rotatable bonds is 14. The number of hydrogen-bond donors (Lipinski definition) is 0. The van der Waals surface area contributed by atoms with Gasteiger partial charge in [0.2, 0.25) is 0 Å². The van der Waals surface area contributed by atoms with E-state index in [4.69, 9.17) is 0 Å². The van der Waals surface area contributed by atoms with E-state index < -0.39 is 126 Å². The summed E-state index contributed by atoms with van der Waals surface area (Å²) in [6.07, 6.45) is -14.3. The first-order valence-corrected chi connectivity index (χ1v) is 17.3. The van der Waals surface area contributed by atoms with Gasteiger partial charge in [-0.2, -0.15) is 78.3 Å². The quantitative estimate of drug-likeness (QED) is 0.110. The first-order chi connectivity index (χ1) is 23.7. The molecule has 53 heavy (non-hydrogen) atoms. The Labute approximate surface area is 290 Å². The van der Waals surface area contributed by atoms with E-state index >= 15 is 0 Å². The third-order valence-electron chi connectivity index (χ3n) is 7.36. The highest BCUT2D eigenvalue weighted by Crippen LogP contribution is 2.49. The molecule has 0 aromatic rings. The molecule has 1 atom stereocenters. The van der Waals surface area contributed by atoms with Gasteiger partial charge in [-0.25, -0.2) is 17.2 Å². The lowest BCUT2D eigenvalue weighted by Crippen LogP contribution is -2.64. The Morgan fingerprint density at radius 2 is 0.925 bits per heavy atom. The highest BCUT2D eigenvalue weighted by atomic mass is 32.2. The molecule has 0 bridgehead atoms. The number of unbranched alkanes of at least 4 members (excludes halogenated alkanes) is 2. The predicted molar refractivity (Wildman–Crippen MR) is 147 cm³/mol. The summed E-state index contributed by atoms with van der Waals surface area (Å²) in [6.45, 7) is -5.66. The molecule has 0 aromatic carbocycles. The van der Waals surface area contributed by atoms with Crippen molar-refractivity contribution in [2.24, 2.45) is 5.92 Å². The van der Waals surface area contributed by atoms with Crippen LogP contribution in [0.3, 0.4) is 0 Å². The molecule has 304 valence electrons. The first kappa shape index (κ1) is 45.4. The van der Waals surface area contributed by atoms with Crippen molar-refractivity contribution in [3.8, 4) is 0 Å². The van der Waals surface area contributed by atoms with Gasteiger partial charge in [0.15, 0.2) is 0 Å². The largest absolute Gasteiger partial charge is 0.459 e. The summed E-state index contributed by atoms with van der Waals surface area (Å²) in [7, 11) is -11.8. The lowest BCUT2D eigenvalue weighted by molar-refractivity contribution is -0.354. The molecular formula is C25H26F14N4O8S2. The number of allylic oxidation sites excluding steroid dienone is 2. The molecule has 0 aromatic heterocycles. The van der Waals surface area contributed by atoms with Crippen LogP contribution in [0.25, 0.3) is 0 Å². The van der Waals surface area contributed by atoms with E-state index in [0.29, 0.717) is 0 Å². The Morgan fingerprint density at radius 3 is 1.34 bits per heavy atom. The zero-order valence-electron chi connectivity index (χ0n) is 26.6. The van der Waals surface area contributed by atoms with Crippen LogP contribution in [0.5, 0.6) is 0 Å². The highest BCUT2D eigenvalue weighted by molar-refractivity contribution is 7.88. The van der Waals surface area contributed by atoms with Crippen LogP contribution in [0.4, 0.5) is 61.5 Å². The summed E-state index contributed by atoms with van der Waals surface area (Å²) in [5.41, 5.74) is -1.64.